The smallest absolute Gasteiger partial charge is 0.270 e. The van der Waals surface area contributed by atoms with Crippen LogP contribution in [0.2, 0.25) is 0 Å². The van der Waals surface area contributed by atoms with E-state index in [1.54, 1.807) is 0 Å². The number of nitrogens with zero attached hydrogens (tertiary/aromatic N) is 1. The molecule has 1 aliphatic carbocycles. The molecule has 1 aromatic rings. The van der Waals surface area contributed by atoms with Crippen molar-refractivity contribution < 1.29 is 14.7 Å². The number of hydrogen-bond donors (Lipinski definition) is 4. The summed E-state index contributed by atoms with van der Waals surface area (Å²) in [6.07, 6.45) is 10.5. The number of aromatic amines is 1. The highest BCUT2D eigenvalue weighted by Gasteiger charge is 2.23. The van der Waals surface area contributed by atoms with Gasteiger partial charge in [0.05, 0.1) is 19.1 Å². The van der Waals surface area contributed by atoms with Gasteiger partial charge < -0.3 is 20.7 Å². The maximum atomic E-state index is 12.2. The Bertz CT molecular complexity index is 467. The van der Waals surface area contributed by atoms with Crippen LogP contribution in [0.25, 0.3) is 0 Å². The van der Waals surface area contributed by atoms with Crippen molar-refractivity contribution >= 4 is 11.8 Å². The van der Waals surface area contributed by atoms with Crippen LogP contribution in [0.1, 0.15) is 55.4 Å². The second-order valence-corrected chi connectivity index (χ2v) is 5.72. The van der Waals surface area contributed by atoms with Crippen molar-refractivity contribution in [3.8, 4) is 0 Å². The van der Waals surface area contributed by atoms with Crippen molar-refractivity contribution in [2.75, 3.05) is 6.61 Å². The Morgan fingerprint density at radius 1 is 1.27 bits per heavy atom. The molecule has 0 saturated heterocycles. The SMILES string of the molecule is O=C(NC(CO)C(=O)NC1CCCCCCC1)c1cnc[nH]1. The Kier molecular flexibility index (Phi) is 6.39. The topological polar surface area (TPSA) is 107 Å². The van der Waals surface area contributed by atoms with Crippen LogP contribution in [0, 0.1) is 0 Å². The van der Waals surface area contributed by atoms with Gasteiger partial charge in [0.2, 0.25) is 5.91 Å². The lowest BCUT2D eigenvalue weighted by atomic mass is 9.96. The molecule has 22 heavy (non-hydrogen) atoms. The first kappa shape index (κ1) is 16.5. The van der Waals surface area contributed by atoms with E-state index in [2.05, 4.69) is 20.6 Å². The molecule has 0 aliphatic heterocycles. The van der Waals surface area contributed by atoms with E-state index in [0.717, 1.165) is 25.7 Å². The van der Waals surface area contributed by atoms with Crippen LogP contribution in [-0.4, -0.2) is 45.6 Å². The third-order valence-corrected chi connectivity index (χ3v) is 4.00. The Balaban J connectivity index is 1.86. The number of H-pyrrole nitrogens is 1. The van der Waals surface area contributed by atoms with Gasteiger partial charge in [-0.3, -0.25) is 9.59 Å². The molecular formula is C15H24N4O3. The minimum Gasteiger partial charge on any atom is -0.394 e. The van der Waals surface area contributed by atoms with Gasteiger partial charge in [0.1, 0.15) is 11.7 Å². The van der Waals surface area contributed by atoms with Gasteiger partial charge in [0.15, 0.2) is 0 Å². The molecule has 0 radical (unpaired) electrons. The number of aromatic nitrogens is 2. The van der Waals surface area contributed by atoms with Crippen LogP contribution in [0.4, 0.5) is 0 Å². The van der Waals surface area contributed by atoms with E-state index in [9.17, 15) is 14.7 Å². The van der Waals surface area contributed by atoms with Gasteiger partial charge in [-0.05, 0) is 12.8 Å². The number of carbonyl (C=O) groups excluding carboxylic acids is 2. The predicted octanol–water partition coefficient (Wildman–Crippen LogP) is 0.729. The molecule has 7 heteroatoms. The van der Waals surface area contributed by atoms with Gasteiger partial charge >= 0.3 is 0 Å². The fourth-order valence-corrected chi connectivity index (χ4v) is 2.71. The molecule has 1 unspecified atom stereocenters. The molecule has 4 N–H and O–H groups in total. The van der Waals surface area contributed by atoms with Crippen molar-refractivity contribution in [3.63, 3.8) is 0 Å². The van der Waals surface area contributed by atoms with E-state index >= 15 is 0 Å². The summed E-state index contributed by atoms with van der Waals surface area (Å²) >= 11 is 0. The van der Waals surface area contributed by atoms with Crippen molar-refractivity contribution in [3.05, 3.63) is 18.2 Å². The maximum absolute atomic E-state index is 12.2. The highest BCUT2D eigenvalue weighted by Crippen LogP contribution is 2.17. The molecule has 0 aromatic carbocycles. The van der Waals surface area contributed by atoms with E-state index in [0.29, 0.717) is 0 Å². The largest absolute Gasteiger partial charge is 0.394 e. The molecular weight excluding hydrogens is 284 g/mol. The molecule has 1 aromatic heterocycles. The second kappa shape index (κ2) is 8.53. The highest BCUT2D eigenvalue weighted by atomic mass is 16.3. The van der Waals surface area contributed by atoms with Crippen LogP contribution in [0.5, 0.6) is 0 Å². The summed E-state index contributed by atoms with van der Waals surface area (Å²) in [4.78, 5) is 30.6. The number of amides is 2. The zero-order chi connectivity index (χ0) is 15.8. The summed E-state index contributed by atoms with van der Waals surface area (Å²) < 4.78 is 0. The normalized spacial score (nSPS) is 18.0. The number of carbonyl (C=O) groups is 2. The quantitative estimate of drug-likeness (QED) is 0.643. The first-order valence-corrected chi connectivity index (χ1v) is 7.91. The average molecular weight is 308 g/mol. The number of rotatable bonds is 5. The van der Waals surface area contributed by atoms with Crippen LogP contribution < -0.4 is 10.6 Å². The van der Waals surface area contributed by atoms with Gasteiger partial charge in [0.25, 0.3) is 5.91 Å². The van der Waals surface area contributed by atoms with Crippen molar-refractivity contribution in [1.82, 2.24) is 20.6 Å². The van der Waals surface area contributed by atoms with Gasteiger partial charge in [0, 0.05) is 6.04 Å². The van der Waals surface area contributed by atoms with Gasteiger partial charge in [-0.1, -0.05) is 32.1 Å². The van der Waals surface area contributed by atoms with Crippen molar-refractivity contribution in [2.24, 2.45) is 0 Å². The minimum absolute atomic E-state index is 0.130. The van der Waals surface area contributed by atoms with E-state index in [4.69, 9.17) is 0 Å². The molecule has 1 fully saturated rings. The number of nitrogens with one attached hydrogen (secondary N) is 3. The second-order valence-electron chi connectivity index (χ2n) is 5.72. The Morgan fingerprint density at radius 3 is 2.55 bits per heavy atom. The number of aliphatic hydroxyl groups excluding tert-OH is 1. The van der Waals surface area contributed by atoms with E-state index in [-0.39, 0.29) is 17.6 Å². The summed E-state index contributed by atoms with van der Waals surface area (Å²) in [7, 11) is 0. The van der Waals surface area contributed by atoms with E-state index in [1.165, 1.54) is 31.8 Å². The number of imidazole rings is 1. The third-order valence-electron chi connectivity index (χ3n) is 4.00. The van der Waals surface area contributed by atoms with Crippen molar-refractivity contribution in [1.29, 1.82) is 0 Å². The van der Waals surface area contributed by atoms with E-state index < -0.39 is 18.6 Å². The van der Waals surface area contributed by atoms with E-state index in [1.807, 2.05) is 0 Å². The Morgan fingerprint density at radius 2 is 1.95 bits per heavy atom. The summed E-state index contributed by atoms with van der Waals surface area (Å²) in [5.41, 5.74) is 0.261. The maximum Gasteiger partial charge on any atom is 0.270 e. The summed E-state index contributed by atoms with van der Waals surface area (Å²) in [6.45, 7) is -0.432. The molecule has 1 aliphatic rings. The molecule has 1 heterocycles. The monoisotopic (exact) mass is 308 g/mol. The highest BCUT2D eigenvalue weighted by molar-refractivity contribution is 5.96. The molecule has 0 bridgehead atoms. The Hall–Kier alpha value is -1.89. The zero-order valence-electron chi connectivity index (χ0n) is 12.7. The summed E-state index contributed by atoms with van der Waals surface area (Å²) in [5.74, 6) is -0.787. The molecule has 122 valence electrons. The Labute approximate surface area is 129 Å². The molecule has 7 nitrogen and oxygen atoms in total. The summed E-state index contributed by atoms with van der Waals surface area (Å²) in [5, 5.41) is 14.8. The lowest BCUT2D eigenvalue weighted by molar-refractivity contribution is -0.124. The van der Waals surface area contributed by atoms with Gasteiger partial charge in [-0.25, -0.2) is 4.98 Å². The molecule has 2 rings (SSSR count). The minimum atomic E-state index is -0.943. The standard InChI is InChI=1S/C15H24N4O3/c20-9-13(19-14(21)12-8-16-10-17-12)15(22)18-11-6-4-2-1-3-5-7-11/h8,10-11,13,20H,1-7,9H2,(H,16,17)(H,18,22)(H,19,21). The lowest BCUT2D eigenvalue weighted by Gasteiger charge is -2.24. The predicted molar refractivity (Wildman–Crippen MR) is 81.2 cm³/mol. The molecule has 1 saturated carbocycles. The summed E-state index contributed by atoms with van der Waals surface area (Å²) in [6, 6.07) is -0.813. The van der Waals surface area contributed by atoms with Crippen LogP contribution in [0.3, 0.4) is 0 Å². The number of aliphatic hydroxyl groups is 1. The van der Waals surface area contributed by atoms with Gasteiger partial charge in [-0.15, -0.1) is 0 Å². The third kappa shape index (κ3) is 4.84. The zero-order valence-corrected chi connectivity index (χ0v) is 12.7. The molecule has 1 atom stereocenters. The molecule has 0 spiro atoms. The average Bonchev–Trinajstić information content (AvgIpc) is 3.01. The van der Waals surface area contributed by atoms with Crippen LogP contribution in [-0.2, 0) is 4.79 Å². The fourth-order valence-electron chi connectivity index (χ4n) is 2.71. The number of hydrogen-bond acceptors (Lipinski definition) is 4. The van der Waals surface area contributed by atoms with Gasteiger partial charge in [-0.2, -0.15) is 0 Å². The van der Waals surface area contributed by atoms with Crippen molar-refractivity contribution in [2.45, 2.75) is 57.0 Å². The first-order valence-electron chi connectivity index (χ1n) is 7.91. The van der Waals surface area contributed by atoms with Crippen LogP contribution >= 0.6 is 0 Å². The molecule has 2 amide bonds. The first-order chi connectivity index (χ1) is 10.7. The fraction of sp³-hybridized carbons (Fsp3) is 0.667. The lowest BCUT2D eigenvalue weighted by Crippen LogP contribution is -2.51. The van der Waals surface area contributed by atoms with Crippen LogP contribution in [0.15, 0.2) is 12.5 Å².